The number of rotatable bonds is 4. The zero-order valence-corrected chi connectivity index (χ0v) is 15.7. The Bertz CT molecular complexity index is 1250. The third-order valence-electron chi connectivity index (χ3n) is 4.73. The van der Waals surface area contributed by atoms with Crippen LogP contribution in [0.1, 0.15) is 11.3 Å². The van der Waals surface area contributed by atoms with Crippen LogP contribution in [0.2, 0.25) is 0 Å². The molecule has 0 bridgehead atoms. The predicted octanol–water partition coefficient (Wildman–Crippen LogP) is 2.83. The van der Waals surface area contributed by atoms with E-state index in [2.05, 4.69) is 5.10 Å². The Labute approximate surface area is 164 Å². The number of fused-ring (bicyclic) bond motifs is 1. The minimum atomic E-state index is -3.31. The van der Waals surface area contributed by atoms with Crippen LogP contribution in [0.15, 0.2) is 48.5 Å². The van der Waals surface area contributed by atoms with Crippen LogP contribution in [0.5, 0.6) is 0 Å². The van der Waals surface area contributed by atoms with Crippen LogP contribution in [0, 0.1) is 20.2 Å². The zero-order chi connectivity index (χ0) is 20.8. The minimum absolute atomic E-state index is 0.0336. The smallest absolute Gasteiger partial charge is 0.258 e. The molecule has 0 spiro atoms. The first kappa shape index (κ1) is 18.7. The molecular weight excluding hydrogens is 400 g/mol. The van der Waals surface area contributed by atoms with Gasteiger partial charge in [-0.3, -0.25) is 20.2 Å². The van der Waals surface area contributed by atoms with Gasteiger partial charge in [0.25, 0.3) is 5.69 Å². The first-order chi connectivity index (χ1) is 13.8. The second kappa shape index (κ2) is 6.78. The normalized spacial score (nSPS) is 14.9. The highest BCUT2D eigenvalue weighted by atomic mass is 32.2. The lowest BCUT2D eigenvalue weighted by Crippen LogP contribution is -2.18. The standard InChI is InChI=1S/C18H14N4O6S/c23-21(24)13-6-7-16(17(10-13)22(25)26)20-18(12-4-2-1-3-5-12)14-8-9-29(27,28)11-15(14)19-20/h1-7,10H,8-9,11H2. The maximum absolute atomic E-state index is 12.1. The lowest BCUT2D eigenvalue weighted by Gasteiger charge is -2.13. The third kappa shape index (κ3) is 3.36. The number of nitro groups is 2. The molecule has 0 fully saturated rings. The van der Waals surface area contributed by atoms with E-state index >= 15 is 0 Å². The number of sulfone groups is 1. The molecule has 0 unspecified atom stereocenters. The van der Waals surface area contributed by atoms with Crippen LogP contribution in [0.4, 0.5) is 11.4 Å². The summed E-state index contributed by atoms with van der Waals surface area (Å²) in [6.07, 6.45) is 0.239. The molecule has 148 valence electrons. The highest BCUT2D eigenvalue weighted by Crippen LogP contribution is 2.36. The lowest BCUT2D eigenvalue weighted by atomic mass is 10.0. The lowest BCUT2D eigenvalue weighted by molar-refractivity contribution is -0.394. The van der Waals surface area contributed by atoms with Crippen LogP contribution >= 0.6 is 0 Å². The van der Waals surface area contributed by atoms with Gasteiger partial charge in [-0.05, 0) is 12.5 Å². The Morgan fingerprint density at radius 1 is 1.00 bits per heavy atom. The van der Waals surface area contributed by atoms with Crippen LogP contribution < -0.4 is 0 Å². The molecular formula is C18H14N4O6S. The third-order valence-corrected chi connectivity index (χ3v) is 6.27. The maximum atomic E-state index is 12.1. The fraction of sp³-hybridized carbons (Fsp3) is 0.167. The van der Waals surface area contributed by atoms with E-state index in [9.17, 15) is 28.6 Å². The maximum Gasteiger partial charge on any atom is 0.301 e. The molecule has 2 aromatic carbocycles. The Balaban J connectivity index is 2.01. The quantitative estimate of drug-likeness (QED) is 0.472. The predicted molar refractivity (Wildman–Crippen MR) is 104 cm³/mol. The van der Waals surface area contributed by atoms with Gasteiger partial charge in [-0.2, -0.15) is 5.10 Å². The number of nitrogens with zero attached hydrogens (tertiary/aromatic N) is 4. The van der Waals surface area contributed by atoms with Gasteiger partial charge in [0.1, 0.15) is 5.69 Å². The van der Waals surface area contributed by atoms with Gasteiger partial charge < -0.3 is 0 Å². The molecule has 0 aliphatic carbocycles. The van der Waals surface area contributed by atoms with Gasteiger partial charge in [0.15, 0.2) is 9.84 Å². The summed E-state index contributed by atoms with van der Waals surface area (Å²) >= 11 is 0. The van der Waals surface area contributed by atoms with Crippen molar-refractivity contribution in [1.82, 2.24) is 9.78 Å². The molecule has 0 saturated heterocycles. The highest BCUT2D eigenvalue weighted by Gasteiger charge is 2.31. The van der Waals surface area contributed by atoms with Gasteiger partial charge in [-0.1, -0.05) is 30.3 Å². The van der Waals surface area contributed by atoms with Gasteiger partial charge in [0.2, 0.25) is 0 Å². The van der Waals surface area contributed by atoms with Crippen LogP contribution in [-0.2, 0) is 22.0 Å². The number of nitro benzene ring substituents is 2. The van der Waals surface area contributed by atoms with E-state index in [1.165, 1.54) is 10.7 Å². The molecule has 4 rings (SSSR count). The van der Waals surface area contributed by atoms with Crippen molar-refractivity contribution in [2.45, 2.75) is 12.2 Å². The van der Waals surface area contributed by atoms with Crippen molar-refractivity contribution in [2.75, 3.05) is 5.75 Å². The first-order valence-corrected chi connectivity index (χ1v) is 10.4. The second-order valence-corrected chi connectivity index (χ2v) is 8.77. The van der Waals surface area contributed by atoms with Gasteiger partial charge >= 0.3 is 5.69 Å². The van der Waals surface area contributed by atoms with Gasteiger partial charge in [0.05, 0.1) is 38.8 Å². The summed E-state index contributed by atoms with van der Waals surface area (Å²) in [6.45, 7) is 0. The van der Waals surface area contributed by atoms with E-state index in [1.54, 1.807) is 24.3 Å². The van der Waals surface area contributed by atoms with Crippen molar-refractivity contribution < 1.29 is 18.3 Å². The molecule has 11 heteroatoms. The Kier molecular flexibility index (Phi) is 4.38. The fourth-order valence-electron chi connectivity index (χ4n) is 3.43. The Hall–Kier alpha value is -3.60. The number of non-ortho nitro benzene ring substituents is 1. The van der Waals surface area contributed by atoms with Crippen molar-refractivity contribution in [1.29, 1.82) is 0 Å². The van der Waals surface area contributed by atoms with Crippen LogP contribution in [-0.4, -0.2) is 33.8 Å². The zero-order valence-electron chi connectivity index (χ0n) is 14.9. The number of benzene rings is 2. The molecule has 10 nitrogen and oxygen atoms in total. The molecule has 0 amide bonds. The SMILES string of the molecule is O=[N+]([O-])c1ccc(-n2nc3c(c2-c2ccccc2)CCS(=O)(=O)C3)c([N+](=O)[O-])c1. The van der Waals surface area contributed by atoms with Gasteiger partial charge in [-0.15, -0.1) is 0 Å². The second-order valence-electron chi connectivity index (χ2n) is 6.58. The summed E-state index contributed by atoms with van der Waals surface area (Å²) < 4.78 is 25.5. The molecule has 0 atom stereocenters. The first-order valence-electron chi connectivity index (χ1n) is 8.56. The van der Waals surface area contributed by atoms with E-state index in [0.29, 0.717) is 22.5 Å². The summed E-state index contributed by atoms with van der Waals surface area (Å²) in [5, 5.41) is 27.0. The molecule has 3 aromatic rings. The average molecular weight is 414 g/mol. The Morgan fingerprint density at radius 2 is 1.72 bits per heavy atom. The molecule has 0 radical (unpaired) electrons. The van der Waals surface area contributed by atoms with E-state index < -0.39 is 31.1 Å². The molecule has 29 heavy (non-hydrogen) atoms. The molecule has 0 saturated carbocycles. The van der Waals surface area contributed by atoms with E-state index in [0.717, 1.165) is 12.1 Å². The summed E-state index contributed by atoms with van der Waals surface area (Å²) in [4.78, 5) is 21.2. The number of hydrogen-bond acceptors (Lipinski definition) is 7. The molecule has 1 aliphatic rings. The average Bonchev–Trinajstić information content (AvgIpc) is 3.05. The fourth-order valence-corrected chi connectivity index (χ4v) is 4.74. The molecule has 1 aromatic heterocycles. The summed E-state index contributed by atoms with van der Waals surface area (Å²) in [6, 6.07) is 12.3. The van der Waals surface area contributed by atoms with Crippen molar-refractivity contribution in [3.63, 3.8) is 0 Å². The number of aromatic nitrogens is 2. The topological polar surface area (TPSA) is 138 Å². The van der Waals surface area contributed by atoms with Crippen LogP contribution in [0.25, 0.3) is 16.9 Å². The van der Waals surface area contributed by atoms with Crippen LogP contribution in [0.3, 0.4) is 0 Å². The minimum Gasteiger partial charge on any atom is -0.258 e. The van der Waals surface area contributed by atoms with Gasteiger partial charge in [0, 0.05) is 17.2 Å². The van der Waals surface area contributed by atoms with Gasteiger partial charge in [-0.25, -0.2) is 13.1 Å². The largest absolute Gasteiger partial charge is 0.301 e. The monoisotopic (exact) mass is 414 g/mol. The van der Waals surface area contributed by atoms with E-state index in [4.69, 9.17) is 0 Å². The molecule has 2 heterocycles. The van der Waals surface area contributed by atoms with Crippen molar-refractivity contribution in [3.05, 3.63) is 80.0 Å². The molecule has 0 N–H and O–H groups in total. The van der Waals surface area contributed by atoms with Crippen molar-refractivity contribution >= 4 is 21.2 Å². The summed E-state index contributed by atoms with van der Waals surface area (Å²) in [5.41, 5.74) is 1.44. The van der Waals surface area contributed by atoms with E-state index in [-0.39, 0.29) is 23.6 Å². The number of hydrogen-bond donors (Lipinski definition) is 0. The van der Waals surface area contributed by atoms with Crippen molar-refractivity contribution in [3.8, 4) is 16.9 Å². The summed E-state index contributed by atoms with van der Waals surface area (Å²) in [5.74, 6) is -0.288. The Morgan fingerprint density at radius 3 is 2.38 bits per heavy atom. The molecule has 1 aliphatic heterocycles. The van der Waals surface area contributed by atoms with Crippen molar-refractivity contribution in [2.24, 2.45) is 0 Å². The van der Waals surface area contributed by atoms with E-state index in [1.807, 2.05) is 6.07 Å². The highest BCUT2D eigenvalue weighted by molar-refractivity contribution is 7.90. The summed E-state index contributed by atoms with van der Waals surface area (Å²) in [7, 11) is -3.31.